The van der Waals surface area contributed by atoms with E-state index in [2.05, 4.69) is 11.7 Å². The Morgan fingerprint density at radius 3 is 2.24 bits per heavy atom. The van der Waals surface area contributed by atoms with Crippen molar-refractivity contribution in [1.29, 1.82) is 0 Å². The molecule has 1 nitrogen and oxygen atoms in total. The van der Waals surface area contributed by atoms with Crippen molar-refractivity contribution in [3.63, 3.8) is 0 Å². The van der Waals surface area contributed by atoms with E-state index in [-0.39, 0.29) is 5.75 Å². The number of unbranched alkanes of at least 4 members (excludes halogenated alkanes) is 3. The molecule has 0 heterocycles. The number of hydrogen-bond acceptors (Lipinski definition) is 1. The van der Waals surface area contributed by atoms with Crippen LogP contribution in [-0.2, 0) is 6.42 Å². The van der Waals surface area contributed by atoms with Gasteiger partial charge in [-0.3, -0.25) is 0 Å². The van der Waals surface area contributed by atoms with Crippen LogP contribution in [0.4, 0.5) is 8.78 Å². The zero-order valence-corrected chi connectivity index (χ0v) is 10.5. The molecule has 0 radical (unpaired) electrons. The average Bonchev–Trinajstić information content (AvgIpc) is 2.25. The molecule has 0 aromatic heterocycles. The summed E-state index contributed by atoms with van der Waals surface area (Å²) in [5.41, 5.74) is 1.17. The van der Waals surface area contributed by atoms with Gasteiger partial charge in [0, 0.05) is 6.92 Å². The lowest BCUT2D eigenvalue weighted by molar-refractivity contribution is -0.158. The Kier molecular flexibility index (Phi) is 5.39. The Hall–Kier alpha value is -1.12. The van der Waals surface area contributed by atoms with Crippen molar-refractivity contribution in [2.75, 3.05) is 0 Å². The van der Waals surface area contributed by atoms with Gasteiger partial charge in [-0.2, -0.15) is 8.78 Å². The van der Waals surface area contributed by atoms with Gasteiger partial charge in [-0.25, -0.2) is 0 Å². The smallest absolute Gasteiger partial charge is 0.394 e. The largest absolute Gasteiger partial charge is 0.433 e. The lowest BCUT2D eigenvalue weighted by atomic mass is 10.1. The minimum Gasteiger partial charge on any atom is -0.433 e. The highest BCUT2D eigenvalue weighted by Gasteiger charge is 2.22. The molecule has 1 aromatic carbocycles. The number of halogens is 2. The molecule has 0 atom stereocenters. The molecule has 1 rings (SSSR count). The fourth-order valence-corrected chi connectivity index (χ4v) is 1.69. The molecule has 0 saturated carbocycles. The van der Waals surface area contributed by atoms with Crippen molar-refractivity contribution < 1.29 is 13.5 Å². The maximum atomic E-state index is 12.6. The van der Waals surface area contributed by atoms with Crippen LogP contribution in [0, 0.1) is 0 Å². The van der Waals surface area contributed by atoms with Crippen LogP contribution in [0.5, 0.6) is 5.75 Å². The van der Waals surface area contributed by atoms with Crippen LogP contribution in [-0.4, -0.2) is 6.11 Å². The molecule has 1 aromatic rings. The summed E-state index contributed by atoms with van der Waals surface area (Å²) in [6.45, 7) is 2.92. The molecule has 96 valence electrons. The first-order chi connectivity index (χ1) is 8.01. The zero-order valence-electron chi connectivity index (χ0n) is 10.5. The summed E-state index contributed by atoms with van der Waals surface area (Å²) in [4.78, 5) is 0. The Labute approximate surface area is 102 Å². The Balaban J connectivity index is 2.39. The van der Waals surface area contributed by atoms with Gasteiger partial charge in [-0.1, -0.05) is 38.3 Å². The molecular weight excluding hydrogens is 222 g/mol. The predicted octanol–water partition coefficient (Wildman–Crippen LogP) is 4.80. The van der Waals surface area contributed by atoms with Crippen molar-refractivity contribution in [3.05, 3.63) is 29.8 Å². The van der Waals surface area contributed by atoms with Crippen LogP contribution in [0.1, 0.15) is 45.1 Å². The highest BCUT2D eigenvalue weighted by molar-refractivity contribution is 5.27. The summed E-state index contributed by atoms with van der Waals surface area (Å²) < 4.78 is 29.6. The van der Waals surface area contributed by atoms with Crippen molar-refractivity contribution >= 4 is 0 Å². The number of rotatable bonds is 7. The summed E-state index contributed by atoms with van der Waals surface area (Å²) in [6.07, 6.45) is 2.74. The second kappa shape index (κ2) is 6.58. The molecule has 0 aliphatic heterocycles. The number of ether oxygens (including phenoxy) is 1. The molecule has 0 spiro atoms. The predicted molar refractivity (Wildman–Crippen MR) is 65.5 cm³/mol. The molecule has 3 heteroatoms. The third-order valence-corrected chi connectivity index (χ3v) is 2.54. The van der Waals surface area contributed by atoms with E-state index < -0.39 is 6.11 Å². The van der Waals surface area contributed by atoms with Gasteiger partial charge in [-0.15, -0.1) is 0 Å². The first-order valence-electron chi connectivity index (χ1n) is 6.17. The minimum absolute atomic E-state index is 0.217. The van der Waals surface area contributed by atoms with Gasteiger partial charge in [0.2, 0.25) is 0 Å². The minimum atomic E-state index is -3.11. The number of alkyl halides is 2. The Morgan fingerprint density at radius 2 is 1.71 bits per heavy atom. The number of hydrogen-bond donors (Lipinski definition) is 0. The van der Waals surface area contributed by atoms with Crippen LogP contribution in [0.3, 0.4) is 0 Å². The summed E-state index contributed by atoms with van der Waals surface area (Å²) in [5, 5.41) is 0. The summed E-state index contributed by atoms with van der Waals surface area (Å²) in [5.74, 6) is 0.217. The summed E-state index contributed by atoms with van der Waals surface area (Å²) >= 11 is 0. The van der Waals surface area contributed by atoms with E-state index in [0.717, 1.165) is 19.8 Å². The van der Waals surface area contributed by atoms with E-state index in [1.807, 2.05) is 12.1 Å². The standard InChI is InChI=1S/C14H20F2O/c1-3-4-5-6-7-12-8-10-13(11-9-12)17-14(2,15)16/h8-11H,3-7H2,1-2H3. The lowest BCUT2D eigenvalue weighted by Crippen LogP contribution is -2.18. The normalized spacial score (nSPS) is 11.5. The van der Waals surface area contributed by atoms with Crippen LogP contribution in [0.2, 0.25) is 0 Å². The lowest BCUT2D eigenvalue weighted by Gasteiger charge is -2.13. The zero-order chi connectivity index (χ0) is 12.7. The molecule has 0 unspecified atom stereocenters. The second-order valence-corrected chi connectivity index (χ2v) is 4.36. The van der Waals surface area contributed by atoms with E-state index in [0.29, 0.717) is 0 Å². The van der Waals surface area contributed by atoms with E-state index in [1.54, 1.807) is 12.1 Å². The summed E-state index contributed by atoms with van der Waals surface area (Å²) in [6, 6.07) is 6.92. The van der Waals surface area contributed by atoms with E-state index >= 15 is 0 Å². The van der Waals surface area contributed by atoms with Gasteiger partial charge in [0.05, 0.1) is 0 Å². The molecule has 0 N–H and O–H groups in total. The van der Waals surface area contributed by atoms with Crippen LogP contribution < -0.4 is 4.74 Å². The van der Waals surface area contributed by atoms with Crippen molar-refractivity contribution in [1.82, 2.24) is 0 Å². The van der Waals surface area contributed by atoms with Gasteiger partial charge in [0.15, 0.2) is 0 Å². The first kappa shape index (κ1) is 13.9. The molecule has 17 heavy (non-hydrogen) atoms. The quantitative estimate of drug-likeness (QED) is 0.624. The third-order valence-electron chi connectivity index (χ3n) is 2.54. The summed E-state index contributed by atoms with van der Waals surface area (Å²) in [7, 11) is 0. The highest BCUT2D eigenvalue weighted by Crippen LogP contribution is 2.21. The molecule has 0 saturated heterocycles. The fraction of sp³-hybridized carbons (Fsp3) is 0.571. The highest BCUT2D eigenvalue weighted by atomic mass is 19.3. The molecule has 0 amide bonds. The van der Waals surface area contributed by atoms with Gasteiger partial charge < -0.3 is 4.74 Å². The SMILES string of the molecule is CCCCCCc1ccc(OC(C)(F)F)cc1. The number of aryl methyl sites for hydroxylation is 1. The maximum Gasteiger partial charge on any atom is 0.394 e. The van der Waals surface area contributed by atoms with Crippen molar-refractivity contribution in [3.8, 4) is 5.75 Å². The monoisotopic (exact) mass is 242 g/mol. The Morgan fingerprint density at radius 1 is 1.06 bits per heavy atom. The van der Waals surface area contributed by atoms with Crippen LogP contribution in [0.15, 0.2) is 24.3 Å². The van der Waals surface area contributed by atoms with Gasteiger partial charge in [-0.05, 0) is 30.5 Å². The second-order valence-electron chi connectivity index (χ2n) is 4.36. The molecule has 0 fully saturated rings. The maximum absolute atomic E-state index is 12.6. The molecule has 0 bridgehead atoms. The van der Waals surface area contributed by atoms with Crippen molar-refractivity contribution in [2.45, 2.75) is 52.1 Å². The third kappa shape index (κ3) is 6.25. The first-order valence-corrected chi connectivity index (χ1v) is 6.17. The fourth-order valence-electron chi connectivity index (χ4n) is 1.69. The van der Waals surface area contributed by atoms with E-state index in [9.17, 15) is 8.78 Å². The average molecular weight is 242 g/mol. The van der Waals surface area contributed by atoms with Gasteiger partial charge >= 0.3 is 6.11 Å². The molecule has 0 aliphatic carbocycles. The van der Waals surface area contributed by atoms with Gasteiger partial charge in [0.25, 0.3) is 0 Å². The molecular formula is C14H20F2O. The van der Waals surface area contributed by atoms with Crippen LogP contribution in [0.25, 0.3) is 0 Å². The Bertz CT molecular complexity index is 314. The van der Waals surface area contributed by atoms with Gasteiger partial charge in [0.1, 0.15) is 5.75 Å². The van der Waals surface area contributed by atoms with E-state index in [4.69, 9.17) is 0 Å². The van der Waals surface area contributed by atoms with Crippen molar-refractivity contribution in [2.24, 2.45) is 0 Å². The van der Waals surface area contributed by atoms with Crippen LogP contribution >= 0.6 is 0 Å². The topological polar surface area (TPSA) is 9.23 Å². The molecule has 0 aliphatic rings. The van der Waals surface area contributed by atoms with E-state index in [1.165, 1.54) is 24.8 Å². The number of benzene rings is 1.